The van der Waals surface area contributed by atoms with Crippen LogP contribution in [0.5, 0.6) is 0 Å². The zero-order valence-electron chi connectivity index (χ0n) is 18.5. The summed E-state index contributed by atoms with van der Waals surface area (Å²) < 4.78 is 32.5. The van der Waals surface area contributed by atoms with Crippen LogP contribution in [0.2, 0.25) is 0 Å². The lowest BCUT2D eigenvalue weighted by atomic mass is 10.2. The molecule has 2 aromatic carbocycles. The van der Waals surface area contributed by atoms with Crippen molar-refractivity contribution in [2.24, 2.45) is 4.40 Å². The molecule has 1 amide bonds. The van der Waals surface area contributed by atoms with Crippen molar-refractivity contribution in [2.75, 3.05) is 49.8 Å². The Hall–Kier alpha value is -3.05. The number of esters is 1. The molecule has 11 heteroatoms. The van der Waals surface area contributed by atoms with Crippen molar-refractivity contribution in [2.45, 2.75) is 11.4 Å². The number of sulfonamides is 1. The van der Waals surface area contributed by atoms with Gasteiger partial charge in [-0.3, -0.25) is 4.79 Å². The van der Waals surface area contributed by atoms with E-state index in [-0.39, 0.29) is 18.3 Å². The molecule has 0 radical (unpaired) electrons. The Labute approximate surface area is 197 Å². The summed E-state index contributed by atoms with van der Waals surface area (Å²) in [6.07, 6.45) is 0. The Morgan fingerprint density at radius 1 is 1.12 bits per heavy atom. The van der Waals surface area contributed by atoms with Gasteiger partial charge in [-0.15, -0.1) is 4.40 Å². The molecule has 0 unspecified atom stereocenters. The topological polar surface area (TPSA) is 99.6 Å². The van der Waals surface area contributed by atoms with Crippen molar-refractivity contribution >= 4 is 50.2 Å². The molecule has 0 spiro atoms. The molecule has 4 rings (SSSR count). The number of rotatable bonds is 6. The molecule has 0 aliphatic carbocycles. The van der Waals surface area contributed by atoms with Gasteiger partial charge in [0.05, 0.1) is 17.0 Å². The molecule has 0 atom stereocenters. The lowest BCUT2D eigenvalue weighted by Gasteiger charge is -2.22. The highest BCUT2D eigenvalue weighted by Crippen LogP contribution is 2.42. The maximum Gasteiger partial charge on any atom is 0.338 e. The summed E-state index contributed by atoms with van der Waals surface area (Å²) >= 11 is 1.20. The number of amides is 1. The van der Waals surface area contributed by atoms with Gasteiger partial charge in [0.1, 0.15) is 0 Å². The SMILES string of the molecule is CN(Cc1ccc(N(C)C)cc1)C(=O)COC(=O)c1ccc2c(c1)SC1=NS(=O)(=O)CCN12. The van der Waals surface area contributed by atoms with E-state index in [0.717, 1.165) is 21.8 Å². The van der Waals surface area contributed by atoms with Crippen molar-refractivity contribution in [1.29, 1.82) is 0 Å². The van der Waals surface area contributed by atoms with E-state index in [1.165, 1.54) is 16.7 Å². The zero-order chi connectivity index (χ0) is 23.8. The van der Waals surface area contributed by atoms with E-state index in [0.29, 0.717) is 23.8 Å². The third kappa shape index (κ3) is 5.14. The van der Waals surface area contributed by atoms with Crippen molar-refractivity contribution in [1.82, 2.24) is 4.90 Å². The maximum atomic E-state index is 12.5. The van der Waals surface area contributed by atoms with Crippen LogP contribution in [0.4, 0.5) is 11.4 Å². The van der Waals surface area contributed by atoms with Gasteiger partial charge in [-0.2, -0.15) is 0 Å². The molecule has 9 nitrogen and oxygen atoms in total. The van der Waals surface area contributed by atoms with Crippen LogP contribution in [0, 0.1) is 0 Å². The Bertz CT molecular complexity index is 1230. The van der Waals surface area contributed by atoms with Crippen LogP contribution in [0.3, 0.4) is 0 Å². The predicted molar refractivity (Wildman–Crippen MR) is 128 cm³/mol. The van der Waals surface area contributed by atoms with Gasteiger partial charge in [-0.25, -0.2) is 13.2 Å². The fourth-order valence-electron chi connectivity index (χ4n) is 3.44. The first-order valence-corrected chi connectivity index (χ1v) is 12.6. The van der Waals surface area contributed by atoms with E-state index in [1.54, 1.807) is 25.2 Å². The van der Waals surface area contributed by atoms with E-state index in [4.69, 9.17) is 4.74 Å². The third-order valence-electron chi connectivity index (χ3n) is 5.33. The van der Waals surface area contributed by atoms with Gasteiger partial charge >= 0.3 is 5.97 Å². The first kappa shape index (κ1) is 23.1. The molecule has 0 N–H and O–H groups in total. The Balaban J connectivity index is 1.34. The number of amidine groups is 1. The van der Waals surface area contributed by atoms with Crippen LogP contribution in [-0.2, 0) is 26.1 Å². The van der Waals surface area contributed by atoms with Crippen molar-refractivity contribution in [3.63, 3.8) is 0 Å². The Morgan fingerprint density at radius 3 is 2.55 bits per heavy atom. The standard InChI is InChI=1S/C22H24N4O5S2/c1-24(2)17-7-4-15(5-8-17)13-25(3)20(27)14-31-21(28)16-6-9-18-19(12-16)32-22-23-33(29,30)11-10-26(18)22/h4-9,12H,10-11,13-14H2,1-3H3. The molecule has 2 aliphatic rings. The number of anilines is 2. The summed E-state index contributed by atoms with van der Waals surface area (Å²) in [6.45, 7) is 0.358. The highest BCUT2D eigenvalue weighted by molar-refractivity contribution is 8.15. The first-order chi connectivity index (χ1) is 15.6. The second-order valence-electron chi connectivity index (χ2n) is 7.98. The molecule has 2 aromatic rings. The number of hydrogen-bond acceptors (Lipinski definition) is 8. The van der Waals surface area contributed by atoms with Crippen molar-refractivity contribution in [3.05, 3.63) is 53.6 Å². The van der Waals surface area contributed by atoms with E-state index in [2.05, 4.69) is 4.40 Å². The largest absolute Gasteiger partial charge is 0.452 e. The van der Waals surface area contributed by atoms with Gasteiger partial charge in [0.2, 0.25) is 0 Å². The van der Waals surface area contributed by atoms with Gasteiger partial charge in [0.25, 0.3) is 15.9 Å². The summed E-state index contributed by atoms with van der Waals surface area (Å²) in [5, 5.41) is 0.386. The Kier molecular flexibility index (Phi) is 6.35. The number of thioether (sulfide) groups is 1. The summed E-state index contributed by atoms with van der Waals surface area (Å²) in [7, 11) is 2.13. The Morgan fingerprint density at radius 2 is 1.85 bits per heavy atom. The van der Waals surface area contributed by atoms with Crippen LogP contribution in [0.1, 0.15) is 15.9 Å². The smallest absolute Gasteiger partial charge is 0.338 e. The number of hydrogen-bond donors (Lipinski definition) is 0. The van der Waals surface area contributed by atoms with Crippen molar-refractivity contribution in [3.8, 4) is 0 Å². The van der Waals surface area contributed by atoms with Crippen LogP contribution in [0.25, 0.3) is 0 Å². The lowest BCUT2D eigenvalue weighted by molar-refractivity contribution is -0.133. The number of likely N-dealkylation sites (N-methyl/N-ethyl adjacent to an activating group) is 1. The lowest BCUT2D eigenvalue weighted by Crippen LogP contribution is -2.35. The van der Waals surface area contributed by atoms with Crippen LogP contribution in [0.15, 0.2) is 51.8 Å². The monoisotopic (exact) mass is 488 g/mol. The highest BCUT2D eigenvalue weighted by atomic mass is 32.2. The minimum absolute atomic E-state index is 0.0459. The average molecular weight is 489 g/mol. The predicted octanol–water partition coefficient (Wildman–Crippen LogP) is 2.18. The molecular formula is C22H24N4O5S2. The fourth-order valence-corrected chi connectivity index (χ4v) is 5.74. The maximum absolute atomic E-state index is 12.5. The highest BCUT2D eigenvalue weighted by Gasteiger charge is 2.33. The van der Waals surface area contributed by atoms with E-state index >= 15 is 0 Å². The summed E-state index contributed by atoms with van der Waals surface area (Å²) in [5.41, 5.74) is 3.14. The van der Waals surface area contributed by atoms with Gasteiger partial charge in [0, 0.05) is 44.8 Å². The van der Waals surface area contributed by atoms with Gasteiger partial charge in [0.15, 0.2) is 11.8 Å². The van der Waals surface area contributed by atoms with E-state index in [9.17, 15) is 18.0 Å². The molecule has 0 saturated carbocycles. The molecule has 0 saturated heterocycles. The zero-order valence-corrected chi connectivity index (χ0v) is 20.1. The first-order valence-electron chi connectivity index (χ1n) is 10.2. The van der Waals surface area contributed by atoms with Crippen LogP contribution in [-0.4, -0.2) is 70.4 Å². The molecule has 174 valence electrons. The van der Waals surface area contributed by atoms with Gasteiger partial charge in [-0.1, -0.05) is 12.1 Å². The fraction of sp³-hybridized carbons (Fsp3) is 0.318. The number of benzene rings is 2. The number of carbonyl (C=O) groups excluding carboxylic acids is 2. The average Bonchev–Trinajstić information content (AvgIpc) is 3.12. The van der Waals surface area contributed by atoms with Crippen LogP contribution < -0.4 is 9.80 Å². The summed E-state index contributed by atoms with van der Waals surface area (Å²) in [6, 6.07) is 12.8. The minimum atomic E-state index is -3.45. The van der Waals surface area contributed by atoms with E-state index < -0.39 is 16.0 Å². The minimum Gasteiger partial charge on any atom is -0.452 e. The van der Waals surface area contributed by atoms with Crippen molar-refractivity contribution < 1.29 is 22.7 Å². The van der Waals surface area contributed by atoms with Gasteiger partial charge < -0.3 is 19.4 Å². The molecule has 0 fully saturated rings. The molecule has 33 heavy (non-hydrogen) atoms. The summed E-state index contributed by atoms with van der Waals surface area (Å²) in [4.78, 5) is 31.0. The molecular weight excluding hydrogens is 464 g/mol. The number of ether oxygens (including phenoxy) is 1. The summed E-state index contributed by atoms with van der Waals surface area (Å²) in [5.74, 6) is -0.974. The third-order valence-corrected chi connectivity index (χ3v) is 7.64. The molecule has 2 heterocycles. The molecule has 0 bridgehead atoms. The number of fused-ring (bicyclic) bond motifs is 3. The normalized spacial score (nSPS) is 15.8. The van der Waals surface area contributed by atoms with Crippen LogP contribution >= 0.6 is 11.8 Å². The number of carbonyl (C=O) groups is 2. The second-order valence-corrected chi connectivity index (χ2v) is 10.7. The van der Waals surface area contributed by atoms with E-state index in [1.807, 2.05) is 48.2 Å². The quantitative estimate of drug-likeness (QED) is 0.571. The number of nitrogens with zero attached hydrogens (tertiary/aromatic N) is 4. The molecule has 2 aliphatic heterocycles. The molecule has 0 aromatic heterocycles. The van der Waals surface area contributed by atoms with Gasteiger partial charge in [-0.05, 0) is 47.7 Å². The second kappa shape index (κ2) is 9.06.